The molecule has 2 aromatic carbocycles. The number of rotatable bonds is 7. The molecule has 0 amide bonds. The van der Waals surface area contributed by atoms with Gasteiger partial charge in [0.15, 0.2) is 4.80 Å². The summed E-state index contributed by atoms with van der Waals surface area (Å²) in [6.45, 7) is 4.25. The first-order valence-corrected chi connectivity index (χ1v) is 13.8. The van der Waals surface area contributed by atoms with Gasteiger partial charge >= 0.3 is 0 Å². The second-order valence-corrected chi connectivity index (χ2v) is 11.0. The third kappa shape index (κ3) is 5.22. The molecule has 0 bridgehead atoms. The molecule has 1 aliphatic heterocycles. The van der Waals surface area contributed by atoms with E-state index in [1.165, 1.54) is 0 Å². The second-order valence-electron chi connectivity index (χ2n) is 8.20. The normalized spacial score (nSPS) is 16.2. The van der Waals surface area contributed by atoms with Crippen molar-refractivity contribution in [1.29, 1.82) is 0 Å². The molecule has 170 valence electrons. The van der Waals surface area contributed by atoms with Crippen molar-refractivity contribution < 1.29 is 8.42 Å². The largest absolute Gasteiger partial charge is 0.316 e. The molecule has 1 aliphatic rings. The highest BCUT2D eigenvalue weighted by molar-refractivity contribution is 7.89. The molecule has 0 saturated carbocycles. The maximum atomic E-state index is 13.3. The van der Waals surface area contributed by atoms with Gasteiger partial charge in [-0.3, -0.25) is 0 Å². The molecule has 2 heterocycles. The molecular formula is C25H31N3O2S2. The van der Waals surface area contributed by atoms with Gasteiger partial charge in [0.25, 0.3) is 0 Å². The van der Waals surface area contributed by atoms with Gasteiger partial charge in [0.1, 0.15) is 0 Å². The molecule has 3 aromatic rings. The zero-order valence-corrected chi connectivity index (χ0v) is 20.2. The maximum absolute atomic E-state index is 13.3. The summed E-state index contributed by atoms with van der Waals surface area (Å²) in [6, 6.07) is 17.4. The molecule has 0 spiro atoms. The van der Waals surface area contributed by atoms with Crippen LogP contribution in [0.25, 0.3) is 11.3 Å². The number of para-hydroxylation sites is 1. The highest BCUT2D eigenvalue weighted by Crippen LogP contribution is 2.27. The van der Waals surface area contributed by atoms with E-state index in [1.807, 2.05) is 48.5 Å². The van der Waals surface area contributed by atoms with E-state index in [-0.39, 0.29) is 0 Å². The molecule has 0 N–H and O–H groups in total. The minimum absolute atomic E-state index is 0.381. The Morgan fingerprint density at radius 3 is 2.44 bits per heavy atom. The summed E-state index contributed by atoms with van der Waals surface area (Å²) in [6.07, 6.45) is 6.20. The lowest BCUT2D eigenvalue weighted by molar-refractivity contribution is 0.424. The van der Waals surface area contributed by atoms with E-state index in [0.29, 0.717) is 18.0 Å². The summed E-state index contributed by atoms with van der Waals surface area (Å²) < 4.78 is 30.5. The molecule has 1 saturated heterocycles. The van der Waals surface area contributed by atoms with Crippen molar-refractivity contribution in [2.75, 3.05) is 13.1 Å². The van der Waals surface area contributed by atoms with Gasteiger partial charge in [0.2, 0.25) is 10.0 Å². The van der Waals surface area contributed by atoms with E-state index < -0.39 is 10.0 Å². The third-order valence-electron chi connectivity index (χ3n) is 5.85. The molecule has 32 heavy (non-hydrogen) atoms. The zero-order valence-electron chi connectivity index (χ0n) is 18.6. The summed E-state index contributed by atoms with van der Waals surface area (Å²) in [7, 11) is -3.48. The minimum Gasteiger partial charge on any atom is -0.316 e. The fourth-order valence-corrected chi connectivity index (χ4v) is 6.56. The van der Waals surface area contributed by atoms with Gasteiger partial charge in [0, 0.05) is 30.6 Å². The third-order valence-corrected chi connectivity index (χ3v) is 8.60. The number of unbranched alkanes of at least 4 members (excludes halogenated alkanes) is 1. The Morgan fingerprint density at radius 2 is 1.72 bits per heavy atom. The molecule has 0 aliphatic carbocycles. The van der Waals surface area contributed by atoms with Crippen LogP contribution in [0.5, 0.6) is 0 Å². The molecule has 0 unspecified atom stereocenters. The summed E-state index contributed by atoms with van der Waals surface area (Å²) >= 11 is 1.60. The Morgan fingerprint density at radius 1 is 0.969 bits per heavy atom. The van der Waals surface area contributed by atoms with Gasteiger partial charge in [-0.25, -0.2) is 13.4 Å². The van der Waals surface area contributed by atoms with Crippen LogP contribution in [-0.4, -0.2) is 30.4 Å². The van der Waals surface area contributed by atoms with Crippen molar-refractivity contribution in [3.63, 3.8) is 0 Å². The Hall–Kier alpha value is -2.22. The monoisotopic (exact) mass is 469 g/mol. The number of aromatic nitrogens is 1. The summed E-state index contributed by atoms with van der Waals surface area (Å²) in [5, 5.41) is 2.09. The van der Waals surface area contributed by atoms with E-state index in [0.717, 1.165) is 66.8 Å². The van der Waals surface area contributed by atoms with E-state index in [1.54, 1.807) is 21.7 Å². The molecule has 7 heteroatoms. The van der Waals surface area contributed by atoms with Gasteiger partial charge < -0.3 is 4.57 Å². The van der Waals surface area contributed by atoms with Crippen molar-refractivity contribution >= 4 is 27.0 Å². The average Bonchev–Trinajstić information content (AvgIpc) is 3.01. The topological polar surface area (TPSA) is 54.7 Å². The van der Waals surface area contributed by atoms with Crippen molar-refractivity contribution in [1.82, 2.24) is 8.87 Å². The Bertz CT molecular complexity index is 1190. The summed E-state index contributed by atoms with van der Waals surface area (Å²) in [4.78, 5) is 6.16. The lowest BCUT2D eigenvalue weighted by Crippen LogP contribution is -2.31. The van der Waals surface area contributed by atoms with Crippen molar-refractivity contribution in [3.8, 4) is 11.3 Å². The number of nitrogens with zero attached hydrogens (tertiary/aromatic N) is 3. The minimum atomic E-state index is -3.48. The fraction of sp³-hybridized carbons (Fsp3) is 0.400. The standard InChI is InChI=1S/C25H31N3O2S2/c1-2-3-18-28-24(20-31-25(28)26-22-13-7-6-8-14-22)21-12-11-15-23(19-21)32(29,30)27-16-9-4-5-10-17-27/h6-8,11-15,19-20H,2-5,9-10,16-18H2,1H3. The summed E-state index contributed by atoms with van der Waals surface area (Å²) in [5.74, 6) is 0. The van der Waals surface area contributed by atoms with Crippen LogP contribution < -0.4 is 4.80 Å². The highest BCUT2D eigenvalue weighted by atomic mass is 32.2. The highest BCUT2D eigenvalue weighted by Gasteiger charge is 2.25. The van der Waals surface area contributed by atoms with Crippen LogP contribution in [0.3, 0.4) is 0 Å². The van der Waals surface area contributed by atoms with Crippen LogP contribution in [0.1, 0.15) is 45.4 Å². The smallest absolute Gasteiger partial charge is 0.243 e. The van der Waals surface area contributed by atoms with Crippen LogP contribution in [0.4, 0.5) is 5.69 Å². The van der Waals surface area contributed by atoms with Crippen LogP contribution >= 0.6 is 11.3 Å². The summed E-state index contributed by atoms with van der Waals surface area (Å²) in [5.41, 5.74) is 2.86. The Labute approximate surface area is 195 Å². The first-order chi connectivity index (χ1) is 15.6. The number of hydrogen-bond donors (Lipinski definition) is 0. The van der Waals surface area contributed by atoms with Gasteiger partial charge in [-0.2, -0.15) is 4.31 Å². The molecule has 5 nitrogen and oxygen atoms in total. The van der Waals surface area contributed by atoms with Crippen LogP contribution in [0, 0.1) is 0 Å². The molecular weight excluding hydrogens is 438 g/mol. The quantitative estimate of drug-likeness (QED) is 0.438. The number of benzene rings is 2. The molecule has 0 atom stereocenters. The SMILES string of the molecule is CCCCn1c(-c2cccc(S(=O)(=O)N3CCCCCC3)c2)csc1=Nc1ccccc1. The van der Waals surface area contributed by atoms with Crippen LogP contribution in [-0.2, 0) is 16.6 Å². The fourth-order valence-electron chi connectivity index (χ4n) is 4.04. The van der Waals surface area contributed by atoms with Gasteiger partial charge in [-0.15, -0.1) is 11.3 Å². The zero-order chi connectivity index (χ0) is 22.4. The number of thiazole rings is 1. The van der Waals surface area contributed by atoms with Gasteiger partial charge in [-0.05, 0) is 43.5 Å². The van der Waals surface area contributed by atoms with Crippen molar-refractivity contribution in [2.24, 2.45) is 4.99 Å². The van der Waals surface area contributed by atoms with Crippen molar-refractivity contribution in [3.05, 3.63) is 64.8 Å². The average molecular weight is 470 g/mol. The molecule has 0 radical (unpaired) electrons. The lowest BCUT2D eigenvalue weighted by Gasteiger charge is -2.20. The van der Waals surface area contributed by atoms with E-state index >= 15 is 0 Å². The Balaban J connectivity index is 1.73. The second kappa shape index (κ2) is 10.6. The van der Waals surface area contributed by atoms with Gasteiger partial charge in [0.05, 0.1) is 16.3 Å². The molecule has 1 aromatic heterocycles. The predicted octanol–water partition coefficient (Wildman–Crippen LogP) is 5.81. The predicted molar refractivity (Wildman–Crippen MR) is 132 cm³/mol. The maximum Gasteiger partial charge on any atom is 0.243 e. The lowest BCUT2D eigenvalue weighted by atomic mass is 10.1. The first-order valence-electron chi connectivity index (χ1n) is 11.5. The van der Waals surface area contributed by atoms with E-state index in [9.17, 15) is 8.42 Å². The van der Waals surface area contributed by atoms with E-state index in [2.05, 4.69) is 16.9 Å². The first kappa shape index (κ1) is 23.0. The molecule has 1 fully saturated rings. The van der Waals surface area contributed by atoms with Crippen LogP contribution in [0.2, 0.25) is 0 Å². The number of hydrogen-bond acceptors (Lipinski definition) is 4. The number of sulfonamides is 1. The van der Waals surface area contributed by atoms with Crippen LogP contribution in [0.15, 0.2) is 69.9 Å². The van der Waals surface area contributed by atoms with Gasteiger partial charge in [-0.1, -0.05) is 56.5 Å². The van der Waals surface area contributed by atoms with Crippen molar-refractivity contribution in [2.45, 2.75) is 56.9 Å². The molecule has 4 rings (SSSR count). The van der Waals surface area contributed by atoms with E-state index in [4.69, 9.17) is 4.99 Å². The Kier molecular flexibility index (Phi) is 7.60.